The Morgan fingerprint density at radius 2 is 1.96 bits per heavy atom. The maximum absolute atomic E-state index is 5.56. The van der Waals surface area contributed by atoms with Crippen molar-refractivity contribution in [2.45, 2.75) is 60.1 Å². The monoisotopic (exact) mass is 324 g/mol. The summed E-state index contributed by atoms with van der Waals surface area (Å²) in [6.07, 6.45) is 1.81. The number of nitrogens with one attached hydrogen (secondary N) is 2. The van der Waals surface area contributed by atoms with Gasteiger partial charge < -0.3 is 19.9 Å². The summed E-state index contributed by atoms with van der Waals surface area (Å²) in [5.41, 5.74) is 2.21. The molecule has 6 heteroatoms. The van der Waals surface area contributed by atoms with Crippen LogP contribution in [0.15, 0.2) is 9.52 Å². The first-order valence-electron chi connectivity index (χ1n) is 8.30. The zero-order valence-corrected chi connectivity index (χ0v) is 15.6. The SMILES string of the molecule is CCc1noc(CC)c1CNC(=NC)NCC(OC)C(C)(C)C. The molecule has 0 aliphatic rings. The summed E-state index contributed by atoms with van der Waals surface area (Å²) in [7, 11) is 3.51. The predicted octanol–water partition coefficient (Wildman–Crippen LogP) is 2.53. The molecule has 0 saturated carbocycles. The van der Waals surface area contributed by atoms with Crippen molar-refractivity contribution in [3.05, 3.63) is 17.0 Å². The number of ether oxygens (including phenoxy) is 1. The van der Waals surface area contributed by atoms with E-state index < -0.39 is 0 Å². The van der Waals surface area contributed by atoms with E-state index in [0.717, 1.165) is 35.8 Å². The largest absolute Gasteiger partial charge is 0.379 e. The Hall–Kier alpha value is -1.56. The zero-order chi connectivity index (χ0) is 17.5. The van der Waals surface area contributed by atoms with Crippen LogP contribution in [0.25, 0.3) is 0 Å². The van der Waals surface area contributed by atoms with Crippen LogP contribution < -0.4 is 10.6 Å². The highest BCUT2D eigenvalue weighted by Crippen LogP contribution is 2.21. The lowest BCUT2D eigenvalue weighted by Crippen LogP contribution is -2.45. The Morgan fingerprint density at radius 1 is 1.26 bits per heavy atom. The number of aryl methyl sites for hydroxylation is 2. The molecule has 132 valence electrons. The van der Waals surface area contributed by atoms with E-state index in [1.807, 2.05) is 0 Å². The van der Waals surface area contributed by atoms with Gasteiger partial charge in [0, 0.05) is 39.2 Å². The lowest BCUT2D eigenvalue weighted by molar-refractivity contribution is 0.0205. The molecule has 0 radical (unpaired) electrons. The van der Waals surface area contributed by atoms with Crippen LogP contribution >= 0.6 is 0 Å². The second-order valence-electron chi connectivity index (χ2n) is 6.64. The van der Waals surface area contributed by atoms with Gasteiger partial charge in [-0.1, -0.05) is 39.8 Å². The molecule has 0 aliphatic heterocycles. The van der Waals surface area contributed by atoms with Gasteiger partial charge in [0.1, 0.15) is 5.76 Å². The minimum atomic E-state index is 0.0693. The molecule has 1 aromatic heterocycles. The van der Waals surface area contributed by atoms with Crippen molar-refractivity contribution in [3.63, 3.8) is 0 Å². The summed E-state index contributed by atoms with van der Waals surface area (Å²) < 4.78 is 11.0. The second-order valence-corrected chi connectivity index (χ2v) is 6.64. The first-order valence-corrected chi connectivity index (χ1v) is 8.30. The molecule has 23 heavy (non-hydrogen) atoms. The van der Waals surface area contributed by atoms with Gasteiger partial charge in [0.05, 0.1) is 11.8 Å². The van der Waals surface area contributed by atoms with Gasteiger partial charge in [0.15, 0.2) is 5.96 Å². The normalized spacial score (nSPS) is 14.0. The van der Waals surface area contributed by atoms with Gasteiger partial charge in [-0.25, -0.2) is 0 Å². The molecule has 6 nitrogen and oxygen atoms in total. The number of hydrogen-bond acceptors (Lipinski definition) is 4. The van der Waals surface area contributed by atoms with E-state index in [9.17, 15) is 0 Å². The lowest BCUT2D eigenvalue weighted by atomic mass is 9.89. The standard InChI is InChI=1S/C17H32N4O2/c1-8-13-12(14(9-2)23-21-13)10-19-16(18-6)20-11-15(22-7)17(3,4)5/h15H,8-11H2,1-7H3,(H2,18,19,20). The summed E-state index contributed by atoms with van der Waals surface area (Å²) >= 11 is 0. The van der Waals surface area contributed by atoms with Crippen LogP contribution in [-0.2, 0) is 24.1 Å². The van der Waals surface area contributed by atoms with Gasteiger partial charge in [0.2, 0.25) is 0 Å². The Bertz CT molecular complexity index is 482. The molecule has 0 bridgehead atoms. The average molecular weight is 324 g/mol. The van der Waals surface area contributed by atoms with Crippen LogP contribution in [0.5, 0.6) is 0 Å². The highest BCUT2D eigenvalue weighted by atomic mass is 16.5. The third-order valence-electron chi connectivity index (χ3n) is 3.97. The van der Waals surface area contributed by atoms with Crippen LogP contribution in [0, 0.1) is 5.41 Å². The van der Waals surface area contributed by atoms with Crippen LogP contribution in [0.1, 0.15) is 51.6 Å². The molecule has 0 spiro atoms. The fourth-order valence-electron chi connectivity index (χ4n) is 2.46. The van der Waals surface area contributed by atoms with E-state index in [4.69, 9.17) is 9.26 Å². The van der Waals surface area contributed by atoms with Crippen molar-refractivity contribution in [3.8, 4) is 0 Å². The van der Waals surface area contributed by atoms with E-state index in [0.29, 0.717) is 13.1 Å². The number of hydrogen-bond donors (Lipinski definition) is 2. The molecule has 1 atom stereocenters. The summed E-state index contributed by atoms with van der Waals surface area (Å²) in [6, 6.07) is 0. The Morgan fingerprint density at radius 3 is 2.43 bits per heavy atom. The van der Waals surface area contributed by atoms with Crippen LogP contribution in [0.2, 0.25) is 0 Å². The molecule has 0 saturated heterocycles. The average Bonchev–Trinajstić information content (AvgIpc) is 2.91. The number of aliphatic imine (C=N–C) groups is 1. The van der Waals surface area contributed by atoms with Crippen molar-refractivity contribution in [1.82, 2.24) is 15.8 Å². The molecule has 0 aromatic carbocycles. The molecule has 0 fully saturated rings. The van der Waals surface area contributed by atoms with Crippen molar-refractivity contribution >= 4 is 5.96 Å². The van der Waals surface area contributed by atoms with Crippen molar-refractivity contribution < 1.29 is 9.26 Å². The van der Waals surface area contributed by atoms with E-state index in [1.165, 1.54) is 0 Å². The Kier molecular flexibility index (Phi) is 7.55. The third kappa shape index (κ3) is 5.53. The third-order valence-corrected chi connectivity index (χ3v) is 3.97. The summed E-state index contributed by atoms with van der Waals surface area (Å²) in [4.78, 5) is 4.27. The highest BCUT2D eigenvalue weighted by molar-refractivity contribution is 5.79. The molecule has 1 heterocycles. The molecule has 1 aromatic rings. The van der Waals surface area contributed by atoms with E-state index in [-0.39, 0.29) is 11.5 Å². The zero-order valence-electron chi connectivity index (χ0n) is 15.6. The van der Waals surface area contributed by atoms with Gasteiger partial charge in [0.25, 0.3) is 0 Å². The molecule has 1 unspecified atom stereocenters. The van der Waals surface area contributed by atoms with Gasteiger partial charge >= 0.3 is 0 Å². The van der Waals surface area contributed by atoms with Crippen LogP contribution in [0.3, 0.4) is 0 Å². The van der Waals surface area contributed by atoms with Gasteiger partial charge in [-0.05, 0) is 11.8 Å². The minimum Gasteiger partial charge on any atom is -0.379 e. The highest BCUT2D eigenvalue weighted by Gasteiger charge is 2.24. The summed E-state index contributed by atoms with van der Waals surface area (Å²) in [6.45, 7) is 12.0. The molecule has 1 rings (SSSR count). The van der Waals surface area contributed by atoms with Crippen molar-refractivity contribution in [1.29, 1.82) is 0 Å². The minimum absolute atomic E-state index is 0.0693. The fraction of sp³-hybridized carbons (Fsp3) is 0.765. The first-order chi connectivity index (χ1) is 10.9. The quantitative estimate of drug-likeness (QED) is 0.596. The predicted molar refractivity (Wildman–Crippen MR) is 93.7 cm³/mol. The lowest BCUT2D eigenvalue weighted by Gasteiger charge is -2.30. The Labute approximate surface area is 140 Å². The second kappa shape index (κ2) is 8.91. The molecule has 0 amide bonds. The smallest absolute Gasteiger partial charge is 0.191 e. The number of methoxy groups -OCH3 is 1. The number of guanidine groups is 1. The maximum atomic E-state index is 5.56. The van der Waals surface area contributed by atoms with Crippen LogP contribution in [0.4, 0.5) is 0 Å². The molecular formula is C17H32N4O2. The first kappa shape index (κ1) is 19.5. The topological polar surface area (TPSA) is 71.7 Å². The van der Waals surface area contributed by atoms with Gasteiger partial charge in [-0.3, -0.25) is 4.99 Å². The maximum Gasteiger partial charge on any atom is 0.191 e. The molecular weight excluding hydrogens is 292 g/mol. The molecule has 0 aliphatic carbocycles. The fourth-order valence-corrected chi connectivity index (χ4v) is 2.46. The van der Waals surface area contributed by atoms with Crippen LogP contribution in [-0.4, -0.2) is 37.9 Å². The molecule has 2 N–H and O–H groups in total. The van der Waals surface area contributed by atoms with E-state index in [1.54, 1.807) is 14.2 Å². The van der Waals surface area contributed by atoms with E-state index >= 15 is 0 Å². The van der Waals surface area contributed by atoms with Gasteiger partial charge in [-0.15, -0.1) is 0 Å². The van der Waals surface area contributed by atoms with E-state index in [2.05, 4.69) is 55.4 Å². The summed E-state index contributed by atoms with van der Waals surface area (Å²) in [5.74, 6) is 1.69. The number of nitrogens with zero attached hydrogens (tertiary/aromatic N) is 2. The Balaban J connectivity index is 2.63. The van der Waals surface area contributed by atoms with Crippen molar-refractivity contribution in [2.75, 3.05) is 20.7 Å². The van der Waals surface area contributed by atoms with Crippen molar-refractivity contribution in [2.24, 2.45) is 10.4 Å². The van der Waals surface area contributed by atoms with Gasteiger partial charge in [-0.2, -0.15) is 0 Å². The summed E-state index contributed by atoms with van der Waals surface area (Å²) in [5, 5.41) is 10.8. The number of rotatable bonds is 7. The number of aromatic nitrogens is 1.